The van der Waals surface area contributed by atoms with Crippen LogP contribution in [0.15, 0.2) is 77.6 Å². The third-order valence-electron chi connectivity index (χ3n) is 7.72. The minimum atomic E-state index is -0.899. The summed E-state index contributed by atoms with van der Waals surface area (Å²) < 4.78 is 45.1. The molecule has 0 bridgehead atoms. The van der Waals surface area contributed by atoms with E-state index in [2.05, 4.69) is 11.4 Å². The Labute approximate surface area is 235 Å². The number of hydrogen-bond acceptors (Lipinski definition) is 5. The standard InChI is InChI=1S/C32H28F3N5O/c1-19-18-21(33)10-11-22(19)29-24-12-13-28(41)40(30-25(34)7-5-8-26(30)35)31(24)38-32(37-29)39(2)27-9-4-3-6-23(27)20-14-16-36-17-15-20/h3-13,18,20,36H,14-17H2,1-2H3. The van der Waals surface area contributed by atoms with E-state index in [1.807, 2.05) is 30.1 Å². The molecule has 0 radical (unpaired) electrons. The van der Waals surface area contributed by atoms with E-state index in [1.165, 1.54) is 30.3 Å². The fourth-order valence-corrected chi connectivity index (χ4v) is 5.65. The Kier molecular flexibility index (Phi) is 7.05. The molecule has 208 valence electrons. The molecule has 0 saturated carbocycles. The van der Waals surface area contributed by atoms with Gasteiger partial charge in [0, 0.05) is 29.8 Å². The van der Waals surface area contributed by atoms with Crippen LogP contribution < -0.4 is 15.8 Å². The number of nitrogens with one attached hydrogen (secondary N) is 1. The highest BCUT2D eigenvalue weighted by molar-refractivity contribution is 5.93. The van der Waals surface area contributed by atoms with Gasteiger partial charge in [-0.05, 0) is 92.4 Å². The molecule has 5 aromatic rings. The van der Waals surface area contributed by atoms with E-state index >= 15 is 8.78 Å². The number of nitrogens with zero attached hydrogens (tertiary/aromatic N) is 4. The Morgan fingerprint density at radius 2 is 1.63 bits per heavy atom. The topological polar surface area (TPSA) is 63.1 Å². The van der Waals surface area contributed by atoms with Crippen LogP contribution in [0.25, 0.3) is 28.0 Å². The van der Waals surface area contributed by atoms with Gasteiger partial charge >= 0.3 is 0 Å². The van der Waals surface area contributed by atoms with Crippen LogP contribution in [0.4, 0.5) is 24.8 Å². The number of aromatic nitrogens is 3. The lowest BCUT2D eigenvalue weighted by Crippen LogP contribution is -2.27. The van der Waals surface area contributed by atoms with E-state index in [4.69, 9.17) is 9.97 Å². The van der Waals surface area contributed by atoms with Gasteiger partial charge in [-0.3, -0.25) is 9.36 Å². The minimum absolute atomic E-state index is 0.0384. The zero-order chi connectivity index (χ0) is 28.7. The number of pyridine rings is 1. The fourth-order valence-electron chi connectivity index (χ4n) is 5.65. The van der Waals surface area contributed by atoms with Crippen LogP contribution in [0, 0.1) is 24.4 Å². The molecule has 6 nitrogen and oxygen atoms in total. The Bertz CT molecular complexity index is 1810. The van der Waals surface area contributed by atoms with E-state index in [1.54, 1.807) is 13.0 Å². The molecular weight excluding hydrogens is 527 g/mol. The molecule has 3 heterocycles. The molecule has 41 heavy (non-hydrogen) atoms. The van der Waals surface area contributed by atoms with Crippen LogP contribution in [0.5, 0.6) is 0 Å². The minimum Gasteiger partial charge on any atom is -0.317 e. The second-order valence-corrected chi connectivity index (χ2v) is 10.3. The SMILES string of the molecule is Cc1cc(F)ccc1-c1nc(N(C)c2ccccc2C2CCNCC2)nc2c1ccc(=O)n2-c1c(F)cccc1F. The molecule has 1 aliphatic rings. The van der Waals surface area contributed by atoms with Crippen molar-refractivity contribution in [2.45, 2.75) is 25.7 Å². The molecule has 1 N–H and O–H groups in total. The maximum absolute atomic E-state index is 15.1. The molecule has 1 fully saturated rings. The number of halogens is 3. The molecule has 3 aromatic carbocycles. The van der Waals surface area contributed by atoms with Crippen molar-refractivity contribution in [1.29, 1.82) is 0 Å². The van der Waals surface area contributed by atoms with Crippen molar-refractivity contribution < 1.29 is 13.2 Å². The smallest absolute Gasteiger partial charge is 0.256 e. The van der Waals surface area contributed by atoms with Gasteiger partial charge in [0.15, 0.2) is 5.65 Å². The summed E-state index contributed by atoms with van der Waals surface area (Å²) in [5.41, 5.74) is 2.55. The zero-order valence-electron chi connectivity index (χ0n) is 22.7. The summed E-state index contributed by atoms with van der Waals surface area (Å²) in [6, 6.07) is 18.6. The van der Waals surface area contributed by atoms with Gasteiger partial charge in [0.2, 0.25) is 5.95 Å². The summed E-state index contributed by atoms with van der Waals surface area (Å²) in [7, 11) is 1.83. The number of piperidine rings is 1. The lowest BCUT2D eigenvalue weighted by molar-refractivity contribution is 0.460. The van der Waals surface area contributed by atoms with Gasteiger partial charge in [-0.25, -0.2) is 18.2 Å². The Balaban J connectivity index is 1.64. The first kappa shape index (κ1) is 26.7. The highest BCUT2D eigenvalue weighted by Crippen LogP contribution is 2.37. The van der Waals surface area contributed by atoms with Crippen molar-refractivity contribution >= 4 is 22.7 Å². The molecule has 0 aliphatic carbocycles. The van der Waals surface area contributed by atoms with Crippen molar-refractivity contribution in [2.75, 3.05) is 25.0 Å². The van der Waals surface area contributed by atoms with Crippen molar-refractivity contribution in [3.05, 3.63) is 112 Å². The Morgan fingerprint density at radius 1 is 0.902 bits per heavy atom. The van der Waals surface area contributed by atoms with Gasteiger partial charge in [-0.1, -0.05) is 24.3 Å². The molecule has 0 unspecified atom stereocenters. The maximum atomic E-state index is 15.1. The van der Waals surface area contributed by atoms with Crippen molar-refractivity contribution in [2.24, 2.45) is 0 Å². The van der Waals surface area contributed by atoms with Crippen LogP contribution in [-0.2, 0) is 0 Å². The van der Waals surface area contributed by atoms with E-state index in [0.717, 1.165) is 53.9 Å². The van der Waals surface area contributed by atoms with Gasteiger partial charge in [-0.15, -0.1) is 0 Å². The summed E-state index contributed by atoms with van der Waals surface area (Å²) in [4.78, 5) is 24.7. The number of aryl methyl sites for hydroxylation is 1. The quantitative estimate of drug-likeness (QED) is 0.272. The van der Waals surface area contributed by atoms with Gasteiger partial charge in [-0.2, -0.15) is 4.98 Å². The van der Waals surface area contributed by atoms with Gasteiger partial charge in [0.1, 0.15) is 23.1 Å². The molecule has 0 spiro atoms. The second kappa shape index (κ2) is 10.8. The summed E-state index contributed by atoms with van der Waals surface area (Å²) in [5.74, 6) is -1.63. The Morgan fingerprint density at radius 3 is 2.37 bits per heavy atom. The number of benzene rings is 3. The van der Waals surface area contributed by atoms with Crippen LogP contribution in [0.1, 0.15) is 29.9 Å². The van der Waals surface area contributed by atoms with Crippen molar-refractivity contribution in [1.82, 2.24) is 19.9 Å². The van der Waals surface area contributed by atoms with Crippen molar-refractivity contribution in [3.8, 4) is 16.9 Å². The van der Waals surface area contributed by atoms with Gasteiger partial charge in [0.25, 0.3) is 5.56 Å². The number of anilines is 2. The highest BCUT2D eigenvalue weighted by atomic mass is 19.1. The molecule has 0 atom stereocenters. The first-order valence-electron chi connectivity index (χ1n) is 13.5. The molecule has 1 aliphatic heterocycles. The summed E-state index contributed by atoms with van der Waals surface area (Å²) >= 11 is 0. The number of hydrogen-bond donors (Lipinski definition) is 1. The second-order valence-electron chi connectivity index (χ2n) is 10.3. The van der Waals surface area contributed by atoms with Crippen LogP contribution in [-0.4, -0.2) is 34.7 Å². The lowest BCUT2D eigenvalue weighted by atomic mass is 9.89. The molecule has 9 heteroatoms. The summed E-state index contributed by atoms with van der Waals surface area (Å²) in [5, 5.41) is 3.79. The molecule has 0 amide bonds. The third kappa shape index (κ3) is 4.86. The van der Waals surface area contributed by atoms with Crippen molar-refractivity contribution in [3.63, 3.8) is 0 Å². The highest BCUT2D eigenvalue weighted by Gasteiger charge is 2.24. The van der Waals surface area contributed by atoms with E-state index < -0.39 is 28.7 Å². The van der Waals surface area contributed by atoms with E-state index in [0.29, 0.717) is 28.1 Å². The Hall–Kier alpha value is -4.50. The molecule has 1 saturated heterocycles. The van der Waals surface area contributed by atoms with Crippen LogP contribution >= 0.6 is 0 Å². The third-order valence-corrected chi connectivity index (χ3v) is 7.72. The van der Waals surface area contributed by atoms with E-state index in [-0.39, 0.29) is 11.6 Å². The lowest BCUT2D eigenvalue weighted by Gasteiger charge is -2.28. The first-order chi connectivity index (χ1) is 19.8. The number of para-hydroxylation sites is 2. The molecule has 6 rings (SSSR count). The normalized spacial score (nSPS) is 14.0. The fraction of sp³-hybridized carbons (Fsp3) is 0.219. The average Bonchev–Trinajstić information content (AvgIpc) is 2.97. The predicted molar refractivity (Wildman–Crippen MR) is 155 cm³/mol. The predicted octanol–water partition coefficient (Wildman–Crippen LogP) is 6.41. The maximum Gasteiger partial charge on any atom is 0.256 e. The zero-order valence-corrected chi connectivity index (χ0v) is 22.7. The molecule has 2 aromatic heterocycles. The molecular formula is C32H28F3N5O. The van der Waals surface area contributed by atoms with Crippen LogP contribution in [0.3, 0.4) is 0 Å². The monoisotopic (exact) mass is 555 g/mol. The van der Waals surface area contributed by atoms with Gasteiger partial charge < -0.3 is 10.2 Å². The summed E-state index contributed by atoms with van der Waals surface area (Å²) in [6.07, 6.45) is 1.96. The van der Waals surface area contributed by atoms with E-state index in [9.17, 15) is 9.18 Å². The average molecular weight is 556 g/mol. The number of fused-ring (bicyclic) bond motifs is 1. The first-order valence-corrected chi connectivity index (χ1v) is 13.5. The van der Waals surface area contributed by atoms with Crippen LogP contribution in [0.2, 0.25) is 0 Å². The summed E-state index contributed by atoms with van der Waals surface area (Å²) in [6.45, 7) is 3.60. The number of rotatable bonds is 5. The largest absolute Gasteiger partial charge is 0.317 e. The van der Waals surface area contributed by atoms with Gasteiger partial charge in [0.05, 0.1) is 5.69 Å².